The molecule has 2 N–H and O–H groups in total. The Morgan fingerprint density at radius 3 is 3.18 bits per heavy atom. The van der Waals surface area contributed by atoms with E-state index in [0.717, 1.165) is 13.1 Å². The Hall–Kier alpha value is -0.520. The van der Waals surface area contributed by atoms with E-state index in [0.29, 0.717) is 6.04 Å². The topological polar surface area (TPSA) is 24.1 Å². The molecule has 0 radical (unpaired) electrons. The molecule has 0 aromatic heterocycles. The fraction of sp³-hybridized carbons (Fsp3) is 0.778. The first-order chi connectivity index (χ1) is 5.43. The van der Waals surface area contributed by atoms with Gasteiger partial charge in [-0.25, -0.2) is 0 Å². The lowest BCUT2D eigenvalue weighted by molar-refractivity contribution is 0.403. The highest BCUT2D eigenvalue weighted by atomic mass is 15.0. The summed E-state index contributed by atoms with van der Waals surface area (Å²) in [6.07, 6.45) is 2.58. The molecule has 1 fully saturated rings. The van der Waals surface area contributed by atoms with Crippen LogP contribution in [0.15, 0.2) is 0 Å². The molecule has 0 amide bonds. The van der Waals surface area contributed by atoms with Crippen LogP contribution in [-0.4, -0.2) is 25.7 Å². The Morgan fingerprint density at radius 2 is 2.55 bits per heavy atom. The Bertz CT molecular complexity index is 149. The lowest BCUT2D eigenvalue weighted by atomic mass is 10.1. The minimum Gasteiger partial charge on any atom is -0.315 e. The predicted octanol–water partition coefficient (Wildman–Crippen LogP) is 0.351. The van der Waals surface area contributed by atoms with E-state index in [1.807, 2.05) is 6.92 Å². The molecule has 0 aliphatic carbocycles. The van der Waals surface area contributed by atoms with E-state index in [1.165, 1.54) is 19.4 Å². The molecule has 0 spiro atoms. The largest absolute Gasteiger partial charge is 0.315 e. The lowest BCUT2D eigenvalue weighted by Crippen LogP contribution is -2.43. The molecular weight excluding hydrogens is 136 g/mol. The van der Waals surface area contributed by atoms with Crippen molar-refractivity contribution in [2.24, 2.45) is 0 Å². The van der Waals surface area contributed by atoms with Gasteiger partial charge in [-0.1, -0.05) is 5.92 Å². The molecule has 0 aromatic rings. The van der Waals surface area contributed by atoms with E-state index in [9.17, 15) is 0 Å². The highest BCUT2D eigenvalue weighted by Crippen LogP contribution is 1.99. The fourth-order valence-corrected chi connectivity index (χ4v) is 1.31. The second-order valence-corrected chi connectivity index (χ2v) is 2.85. The van der Waals surface area contributed by atoms with E-state index in [2.05, 4.69) is 22.5 Å². The third-order valence-corrected chi connectivity index (χ3v) is 1.95. The highest BCUT2D eigenvalue weighted by Gasteiger charge is 2.10. The van der Waals surface area contributed by atoms with Crippen LogP contribution in [0.25, 0.3) is 0 Å². The summed E-state index contributed by atoms with van der Waals surface area (Å²) in [5, 5.41) is 6.74. The van der Waals surface area contributed by atoms with Crippen molar-refractivity contribution < 1.29 is 0 Å². The first kappa shape index (κ1) is 8.58. The quantitative estimate of drug-likeness (QED) is 0.558. The summed E-state index contributed by atoms with van der Waals surface area (Å²) >= 11 is 0. The molecule has 1 aliphatic rings. The molecule has 1 atom stereocenters. The van der Waals surface area contributed by atoms with Crippen molar-refractivity contribution >= 4 is 0 Å². The summed E-state index contributed by atoms with van der Waals surface area (Å²) in [7, 11) is 0. The van der Waals surface area contributed by atoms with Gasteiger partial charge in [0.2, 0.25) is 0 Å². The zero-order valence-corrected chi connectivity index (χ0v) is 7.11. The molecule has 2 heteroatoms. The van der Waals surface area contributed by atoms with Crippen molar-refractivity contribution in [2.75, 3.05) is 19.6 Å². The van der Waals surface area contributed by atoms with Crippen LogP contribution in [0.2, 0.25) is 0 Å². The summed E-state index contributed by atoms with van der Waals surface area (Å²) in [6, 6.07) is 0.643. The molecule has 1 aliphatic heterocycles. The molecule has 0 saturated carbocycles. The third-order valence-electron chi connectivity index (χ3n) is 1.95. The SMILES string of the molecule is CC#CCNC1CCCNC1. The smallest absolute Gasteiger partial charge is 0.0578 e. The van der Waals surface area contributed by atoms with E-state index in [-0.39, 0.29) is 0 Å². The summed E-state index contributed by atoms with van der Waals surface area (Å²) in [6.45, 7) is 4.99. The van der Waals surface area contributed by atoms with Crippen LogP contribution in [0.1, 0.15) is 19.8 Å². The first-order valence-electron chi connectivity index (χ1n) is 4.27. The van der Waals surface area contributed by atoms with Gasteiger partial charge < -0.3 is 10.6 Å². The van der Waals surface area contributed by atoms with E-state index in [4.69, 9.17) is 0 Å². The van der Waals surface area contributed by atoms with Crippen molar-refractivity contribution in [3.63, 3.8) is 0 Å². The van der Waals surface area contributed by atoms with Crippen molar-refractivity contribution in [1.29, 1.82) is 0 Å². The van der Waals surface area contributed by atoms with Gasteiger partial charge in [0, 0.05) is 12.6 Å². The minimum absolute atomic E-state index is 0.643. The average molecular weight is 152 g/mol. The Morgan fingerprint density at radius 1 is 1.64 bits per heavy atom. The molecule has 0 bridgehead atoms. The van der Waals surface area contributed by atoms with Gasteiger partial charge in [0.25, 0.3) is 0 Å². The zero-order valence-electron chi connectivity index (χ0n) is 7.11. The second kappa shape index (κ2) is 5.17. The number of nitrogens with one attached hydrogen (secondary N) is 2. The Labute approximate surface area is 68.8 Å². The lowest BCUT2D eigenvalue weighted by Gasteiger charge is -2.22. The molecule has 62 valence electrons. The van der Waals surface area contributed by atoms with Gasteiger partial charge in [0.15, 0.2) is 0 Å². The summed E-state index contributed by atoms with van der Waals surface area (Å²) in [5.41, 5.74) is 0. The van der Waals surface area contributed by atoms with Gasteiger partial charge in [-0.05, 0) is 26.3 Å². The first-order valence-corrected chi connectivity index (χ1v) is 4.27. The molecule has 1 rings (SSSR count). The number of rotatable bonds is 2. The van der Waals surface area contributed by atoms with Crippen molar-refractivity contribution in [3.8, 4) is 11.8 Å². The Kier molecular flexibility index (Phi) is 4.03. The maximum atomic E-state index is 3.39. The minimum atomic E-state index is 0.643. The molecule has 1 heterocycles. The molecule has 1 saturated heterocycles. The van der Waals surface area contributed by atoms with Crippen LogP contribution in [0, 0.1) is 11.8 Å². The second-order valence-electron chi connectivity index (χ2n) is 2.85. The monoisotopic (exact) mass is 152 g/mol. The van der Waals surface area contributed by atoms with Crippen molar-refractivity contribution in [1.82, 2.24) is 10.6 Å². The molecule has 0 aromatic carbocycles. The van der Waals surface area contributed by atoms with Crippen LogP contribution >= 0.6 is 0 Å². The van der Waals surface area contributed by atoms with Gasteiger partial charge in [0.1, 0.15) is 0 Å². The maximum Gasteiger partial charge on any atom is 0.0578 e. The van der Waals surface area contributed by atoms with Crippen molar-refractivity contribution in [2.45, 2.75) is 25.8 Å². The van der Waals surface area contributed by atoms with Crippen LogP contribution in [-0.2, 0) is 0 Å². The van der Waals surface area contributed by atoms with Crippen LogP contribution in [0.4, 0.5) is 0 Å². The Balaban J connectivity index is 2.08. The fourth-order valence-electron chi connectivity index (χ4n) is 1.31. The van der Waals surface area contributed by atoms with E-state index < -0.39 is 0 Å². The number of piperidine rings is 1. The zero-order chi connectivity index (χ0) is 7.94. The normalized spacial score (nSPS) is 23.9. The third kappa shape index (κ3) is 3.41. The molecule has 11 heavy (non-hydrogen) atoms. The standard InChI is InChI=1S/C9H16N2/c1-2-3-7-11-9-5-4-6-10-8-9/h9-11H,4-8H2,1H3. The average Bonchev–Trinajstić information content (AvgIpc) is 2.07. The highest BCUT2D eigenvalue weighted by molar-refractivity contribution is 4.98. The van der Waals surface area contributed by atoms with Crippen LogP contribution < -0.4 is 10.6 Å². The van der Waals surface area contributed by atoms with E-state index >= 15 is 0 Å². The summed E-state index contributed by atoms with van der Waals surface area (Å²) < 4.78 is 0. The number of hydrogen-bond acceptors (Lipinski definition) is 2. The van der Waals surface area contributed by atoms with Crippen molar-refractivity contribution in [3.05, 3.63) is 0 Å². The number of hydrogen-bond donors (Lipinski definition) is 2. The van der Waals surface area contributed by atoms with Gasteiger partial charge >= 0.3 is 0 Å². The summed E-state index contributed by atoms with van der Waals surface area (Å²) in [5.74, 6) is 5.88. The molecule has 2 nitrogen and oxygen atoms in total. The van der Waals surface area contributed by atoms with E-state index in [1.54, 1.807) is 0 Å². The molecule has 1 unspecified atom stereocenters. The van der Waals surface area contributed by atoms with Gasteiger partial charge in [0.05, 0.1) is 6.54 Å². The maximum absolute atomic E-state index is 3.39. The summed E-state index contributed by atoms with van der Waals surface area (Å²) in [4.78, 5) is 0. The predicted molar refractivity (Wildman–Crippen MR) is 47.3 cm³/mol. The van der Waals surface area contributed by atoms with Crippen LogP contribution in [0.5, 0.6) is 0 Å². The van der Waals surface area contributed by atoms with Gasteiger partial charge in [-0.3, -0.25) is 0 Å². The van der Waals surface area contributed by atoms with Gasteiger partial charge in [-0.2, -0.15) is 0 Å². The molecular formula is C9H16N2. The van der Waals surface area contributed by atoms with Crippen LogP contribution in [0.3, 0.4) is 0 Å². The van der Waals surface area contributed by atoms with Gasteiger partial charge in [-0.15, -0.1) is 5.92 Å².